The van der Waals surface area contributed by atoms with Crippen molar-refractivity contribution in [3.8, 4) is 0 Å². The van der Waals surface area contributed by atoms with Gasteiger partial charge in [0, 0.05) is 12.5 Å². The van der Waals surface area contributed by atoms with Gasteiger partial charge in [-0.3, -0.25) is 0 Å². The zero-order valence-corrected chi connectivity index (χ0v) is 13.7. The van der Waals surface area contributed by atoms with Crippen molar-refractivity contribution >= 4 is 27.2 Å². The highest BCUT2D eigenvalue weighted by molar-refractivity contribution is 7.89. The van der Waals surface area contributed by atoms with Crippen LogP contribution in [0.1, 0.15) is 44.1 Å². The third-order valence-electron chi connectivity index (χ3n) is 3.79. The maximum atomic E-state index is 12.4. The molecule has 0 spiro atoms. The van der Waals surface area contributed by atoms with Crippen molar-refractivity contribution in [1.82, 2.24) is 4.72 Å². The molecule has 0 heterocycles. The minimum atomic E-state index is -3.44. The molecule has 1 fully saturated rings. The molecule has 0 atom stereocenters. The highest BCUT2D eigenvalue weighted by Crippen LogP contribution is 2.20. The molecule has 1 aliphatic rings. The van der Waals surface area contributed by atoms with E-state index in [-0.39, 0.29) is 6.04 Å². The van der Waals surface area contributed by atoms with Crippen LogP contribution < -0.4 is 10.5 Å². The van der Waals surface area contributed by atoms with Crippen molar-refractivity contribution < 1.29 is 8.42 Å². The second-order valence-electron chi connectivity index (χ2n) is 5.60. The van der Waals surface area contributed by atoms with E-state index in [0.29, 0.717) is 16.3 Å². The molecule has 1 aliphatic carbocycles. The number of rotatable bonds is 5. The van der Waals surface area contributed by atoms with Gasteiger partial charge in [0.25, 0.3) is 0 Å². The zero-order valence-electron chi connectivity index (χ0n) is 12.0. The van der Waals surface area contributed by atoms with Gasteiger partial charge in [-0.25, -0.2) is 13.1 Å². The first-order valence-corrected chi connectivity index (χ1v) is 9.26. The third kappa shape index (κ3) is 5.05. The number of benzene rings is 1. The predicted molar refractivity (Wildman–Crippen MR) is 88.7 cm³/mol. The van der Waals surface area contributed by atoms with E-state index in [0.717, 1.165) is 31.2 Å². The van der Waals surface area contributed by atoms with Crippen molar-refractivity contribution in [3.63, 3.8) is 0 Å². The van der Waals surface area contributed by atoms with Gasteiger partial charge in [0.15, 0.2) is 0 Å². The summed E-state index contributed by atoms with van der Waals surface area (Å²) in [7, 11) is -3.44. The van der Waals surface area contributed by atoms with Crippen LogP contribution in [0.15, 0.2) is 29.2 Å². The summed E-state index contributed by atoms with van der Waals surface area (Å²) in [4.78, 5) is 0.709. The summed E-state index contributed by atoms with van der Waals surface area (Å²) in [6.07, 6.45) is 6.95. The molecule has 6 heteroatoms. The first-order valence-electron chi connectivity index (χ1n) is 7.37. The smallest absolute Gasteiger partial charge is 0.240 e. The van der Waals surface area contributed by atoms with Crippen LogP contribution in [0, 0.1) is 0 Å². The topological polar surface area (TPSA) is 72.2 Å². The molecule has 0 radical (unpaired) electrons. The van der Waals surface area contributed by atoms with Gasteiger partial charge in [0.05, 0.1) is 9.88 Å². The summed E-state index contributed by atoms with van der Waals surface area (Å²) < 4.78 is 27.6. The van der Waals surface area contributed by atoms with E-state index >= 15 is 0 Å². The van der Waals surface area contributed by atoms with E-state index in [9.17, 15) is 8.42 Å². The molecule has 1 aromatic rings. The van der Waals surface area contributed by atoms with Crippen molar-refractivity contribution in [2.75, 3.05) is 0 Å². The highest BCUT2D eigenvalue weighted by atomic mass is 32.2. The zero-order chi connectivity index (χ0) is 15.3. The summed E-state index contributed by atoms with van der Waals surface area (Å²) in [6, 6.07) is 6.83. The Bertz CT molecular complexity index is 574. The molecule has 0 unspecified atom stereocenters. The first kappa shape index (κ1) is 16.4. The van der Waals surface area contributed by atoms with Crippen LogP contribution in [0.3, 0.4) is 0 Å². The van der Waals surface area contributed by atoms with Crippen LogP contribution in [0.5, 0.6) is 0 Å². The number of nitrogens with one attached hydrogen (secondary N) is 1. The molecule has 4 nitrogen and oxygen atoms in total. The summed E-state index contributed by atoms with van der Waals surface area (Å²) in [5.74, 6) is 0. The Kier molecular flexibility index (Phi) is 5.72. The van der Waals surface area contributed by atoms with Crippen molar-refractivity contribution in [3.05, 3.63) is 29.8 Å². The summed E-state index contributed by atoms with van der Waals surface area (Å²) in [6.45, 7) is 0. The monoisotopic (exact) mass is 326 g/mol. The number of hydrogen-bond acceptors (Lipinski definition) is 3. The van der Waals surface area contributed by atoms with E-state index < -0.39 is 10.0 Å². The van der Waals surface area contributed by atoms with E-state index in [2.05, 4.69) is 4.72 Å². The van der Waals surface area contributed by atoms with Crippen molar-refractivity contribution in [1.29, 1.82) is 0 Å². The Morgan fingerprint density at radius 1 is 1.14 bits per heavy atom. The summed E-state index contributed by atoms with van der Waals surface area (Å²) in [5, 5.41) is 0. The molecule has 0 amide bonds. The molecule has 3 N–H and O–H groups in total. The summed E-state index contributed by atoms with van der Waals surface area (Å²) >= 11 is 4.85. The lowest BCUT2D eigenvalue weighted by atomic mass is 10.1. The predicted octanol–water partition coefficient (Wildman–Crippen LogP) is 2.52. The SMILES string of the molecule is NC(=S)Cc1ccc(S(=O)(=O)NC2CCCCCC2)cc1. The van der Waals surface area contributed by atoms with Crippen LogP contribution in [0.2, 0.25) is 0 Å². The van der Waals surface area contributed by atoms with Gasteiger partial charge in [0.1, 0.15) is 0 Å². The minimum Gasteiger partial charge on any atom is -0.393 e. The fourth-order valence-corrected chi connectivity index (χ4v) is 4.14. The Balaban J connectivity index is 2.06. The fraction of sp³-hybridized carbons (Fsp3) is 0.533. The maximum absolute atomic E-state index is 12.4. The van der Waals surface area contributed by atoms with Crippen molar-refractivity contribution in [2.45, 2.75) is 55.9 Å². The van der Waals surface area contributed by atoms with E-state index in [1.807, 2.05) is 0 Å². The molecular formula is C15H22N2O2S2. The summed E-state index contributed by atoms with van der Waals surface area (Å²) in [5.41, 5.74) is 6.41. The fourth-order valence-electron chi connectivity index (χ4n) is 2.67. The third-order valence-corrected chi connectivity index (χ3v) is 5.47. The largest absolute Gasteiger partial charge is 0.393 e. The maximum Gasteiger partial charge on any atom is 0.240 e. The normalized spacial score (nSPS) is 17.3. The Hall–Kier alpha value is -0.980. The van der Waals surface area contributed by atoms with Crippen LogP contribution in [0.4, 0.5) is 0 Å². The molecule has 1 saturated carbocycles. The molecule has 116 valence electrons. The van der Waals surface area contributed by atoms with Gasteiger partial charge >= 0.3 is 0 Å². The quantitative estimate of drug-likeness (QED) is 0.644. The van der Waals surface area contributed by atoms with Gasteiger partial charge in [-0.1, -0.05) is 50.0 Å². The second-order valence-corrected chi connectivity index (χ2v) is 7.84. The average molecular weight is 326 g/mol. The minimum absolute atomic E-state index is 0.0637. The van der Waals surface area contributed by atoms with Crippen molar-refractivity contribution in [2.24, 2.45) is 5.73 Å². The lowest BCUT2D eigenvalue weighted by Gasteiger charge is -2.16. The molecule has 1 aromatic carbocycles. The van der Waals surface area contributed by atoms with Crippen LogP contribution in [0.25, 0.3) is 0 Å². The van der Waals surface area contributed by atoms with Crippen LogP contribution >= 0.6 is 12.2 Å². The number of nitrogens with two attached hydrogens (primary N) is 1. The molecule has 0 aromatic heterocycles. The van der Waals surface area contributed by atoms with Gasteiger partial charge in [-0.2, -0.15) is 0 Å². The Morgan fingerprint density at radius 3 is 2.24 bits per heavy atom. The molecule has 0 bridgehead atoms. The molecule has 2 rings (SSSR count). The molecular weight excluding hydrogens is 304 g/mol. The molecule has 21 heavy (non-hydrogen) atoms. The van der Waals surface area contributed by atoms with Crippen LogP contribution in [-0.4, -0.2) is 19.4 Å². The average Bonchev–Trinajstić information content (AvgIpc) is 2.67. The molecule has 0 aliphatic heterocycles. The standard InChI is InChI=1S/C15H22N2O2S2/c16-15(20)11-12-7-9-14(10-8-12)21(18,19)17-13-5-3-1-2-4-6-13/h7-10,13,17H,1-6,11H2,(H2,16,20). The van der Waals surface area contributed by atoms with Gasteiger partial charge in [0.2, 0.25) is 10.0 Å². The lowest BCUT2D eigenvalue weighted by molar-refractivity contribution is 0.510. The van der Waals surface area contributed by atoms with Gasteiger partial charge in [-0.05, 0) is 30.5 Å². The van der Waals surface area contributed by atoms with Crippen LogP contribution in [-0.2, 0) is 16.4 Å². The first-order chi connectivity index (χ1) is 9.97. The number of hydrogen-bond donors (Lipinski definition) is 2. The lowest BCUT2D eigenvalue weighted by Crippen LogP contribution is -2.34. The number of thiocarbonyl (C=S) groups is 1. The van der Waals surface area contributed by atoms with Gasteiger partial charge < -0.3 is 5.73 Å². The van der Waals surface area contributed by atoms with E-state index in [1.165, 1.54) is 12.8 Å². The Labute approximate surface area is 132 Å². The van der Waals surface area contributed by atoms with E-state index in [4.69, 9.17) is 18.0 Å². The van der Waals surface area contributed by atoms with Gasteiger partial charge in [-0.15, -0.1) is 0 Å². The van der Waals surface area contributed by atoms with E-state index in [1.54, 1.807) is 24.3 Å². The second kappa shape index (κ2) is 7.33. The Morgan fingerprint density at radius 2 is 1.71 bits per heavy atom. The highest BCUT2D eigenvalue weighted by Gasteiger charge is 2.20. The number of sulfonamides is 1. The molecule has 0 saturated heterocycles.